The smallest absolute Gasteiger partial charge is 0.869 e. The predicted octanol–water partition coefficient (Wildman–Crippen LogP) is -2.93. The molecule has 2 rings (SSSR count). The minimum absolute atomic E-state index is 0. The average Bonchev–Trinajstić information content (AvgIpc) is 2.25. The molecule has 78 valence electrons. The number of hydrogen-bond donors (Lipinski definition) is 1. The van der Waals surface area contributed by atoms with Gasteiger partial charge in [0.2, 0.25) is 0 Å². The number of rotatable bonds is 1. The second-order valence-corrected chi connectivity index (χ2v) is 3.49. The van der Waals surface area contributed by atoms with Gasteiger partial charge in [-0.25, -0.2) is 0 Å². The molecule has 1 aromatic carbocycles. The van der Waals surface area contributed by atoms with E-state index in [1.807, 2.05) is 6.07 Å². The van der Waals surface area contributed by atoms with Crippen LogP contribution in [0.2, 0.25) is 0 Å². The van der Waals surface area contributed by atoms with Crippen molar-refractivity contribution in [3.8, 4) is 5.75 Å². The molecule has 0 radical (unpaired) electrons. The maximum absolute atomic E-state index is 11.5. The summed E-state index contributed by atoms with van der Waals surface area (Å²) >= 11 is 0. The van der Waals surface area contributed by atoms with Crippen molar-refractivity contribution >= 4 is 10.9 Å². The molecule has 0 spiro atoms. The molecule has 1 aromatic heterocycles. The van der Waals surface area contributed by atoms with Crippen LogP contribution in [0.3, 0.4) is 0 Å². The summed E-state index contributed by atoms with van der Waals surface area (Å²) in [5, 5.41) is 11.7. The summed E-state index contributed by atoms with van der Waals surface area (Å²) in [6, 6.07) is 5.25. The minimum atomic E-state index is -0.481. The fourth-order valence-corrected chi connectivity index (χ4v) is 1.62. The Morgan fingerprint density at radius 3 is 2.75 bits per heavy atom. The van der Waals surface area contributed by atoms with Crippen molar-refractivity contribution in [1.29, 1.82) is 0 Å². The number of nitrogens with zero attached hydrogens (tertiary/aromatic N) is 1. The van der Waals surface area contributed by atoms with Crippen molar-refractivity contribution in [3.63, 3.8) is 0 Å². The molecule has 4 nitrogen and oxygen atoms in total. The molecule has 0 aliphatic carbocycles. The number of nitrogens with two attached hydrogens (primary N) is 1. The molecule has 0 aliphatic rings. The summed E-state index contributed by atoms with van der Waals surface area (Å²) in [5.41, 5.74) is 6.74. The van der Waals surface area contributed by atoms with Crippen LogP contribution in [0.5, 0.6) is 5.75 Å². The molecule has 0 fully saturated rings. The van der Waals surface area contributed by atoms with Crippen molar-refractivity contribution in [1.82, 2.24) is 4.57 Å². The molecule has 0 amide bonds. The first kappa shape index (κ1) is 13.9. The van der Waals surface area contributed by atoms with Gasteiger partial charge in [-0.2, -0.15) is 0 Å². The van der Waals surface area contributed by atoms with Crippen molar-refractivity contribution < 1.29 is 56.5 Å². The first-order valence-corrected chi connectivity index (χ1v) is 4.63. The molecule has 5 heteroatoms. The summed E-state index contributed by atoms with van der Waals surface area (Å²) in [7, 11) is 1.74. The second-order valence-electron chi connectivity index (χ2n) is 3.49. The molecule has 0 bridgehead atoms. The standard InChI is InChI=1S/C11H12N2O2.K/c1-13-6-10(14)11(15)8-3-2-7(5-12)4-9(8)13;/h2-4,6,14H,5,12H2,1H3;/q;+1/p-1. The zero-order chi connectivity index (χ0) is 11.0. The van der Waals surface area contributed by atoms with Gasteiger partial charge in [0.15, 0.2) is 5.43 Å². The quantitative estimate of drug-likeness (QED) is 0.544. The van der Waals surface area contributed by atoms with Gasteiger partial charge >= 0.3 is 51.4 Å². The Hall–Kier alpha value is -0.174. The van der Waals surface area contributed by atoms with Gasteiger partial charge < -0.3 is 15.4 Å². The number of hydrogen-bond acceptors (Lipinski definition) is 3. The van der Waals surface area contributed by atoms with Crippen LogP contribution in [-0.2, 0) is 13.6 Å². The topological polar surface area (TPSA) is 71.1 Å². The van der Waals surface area contributed by atoms with Crippen LogP contribution in [0.1, 0.15) is 5.56 Å². The fourth-order valence-electron chi connectivity index (χ4n) is 1.62. The zero-order valence-corrected chi connectivity index (χ0v) is 12.5. The average molecular weight is 242 g/mol. The van der Waals surface area contributed by atoms with Gasteiger partial charge in [-0.3, -0.25) is 4.79 Å². The van der Waals surface area contributed by atoms with Gasteiger partial charge in [-0.1, -0.05) is 6.07 Å². The molecule has 0 aliphatic heterocycles. The van der Waals surface area contributed by atoms with Crippen LogP contribution >= 0.6 is 0 Å². The van der Waals surface area contributed by atoms with Crippen LogP contribution in [0.4, 0.5) is 0 Å². The van der Waals surface area contributed by atoms with E-state index >= 15 is 0 Å². The van der Waals surface area contributed by atoms with Gasteiger partial charge in [-0.15, -0.1) is 0 Å². The van der Waals surface area contributed by atoms with E-state index in [4.69, 9.17) is 5.73 Å². The molecule has 16 heavy (non-hydrogen) atoms. The normalized spacial score (nSPS) is 10.1. The molecule has 0 saturated carbocycles. The first-order chi connectivity index (χ1) is 7.13. The van der Waals surface area contributed by atoms with Gasteiger partial charge in [0.05, 0.1) is 5.52 Å². The van der Waals surface area contributed by atoms with Gasteiger partial charge in [0.1, 0.15) is 0 Å². The molecular formula is C11H11KN2O2. The molecule has 1 heterocycles. The maximum atomic E-state index is 11.5. The van der Waals surface area contributed by atoms with E-state index in [1.54, 1.807) is 23.7 Å². The predicted molar refractivity (Wildman–Crippen MR) is 56.5 cm³/mol. The van der Waals surface area contributed by atoms with E-state index in [-0.39, 0.29) is 51.4 Å². The Morgan fingerprint density at radius 2 is 2.12 bits per heavy atom. The Balaban J connectivity index is 0.00000128. The third-order valence-corrected chi connectivity index (χ3v) is 2.46. The summed E-state index contributed by atoms with van der Waals surface area (Å²) in [5.74, 6) is -0.481. The summed E-state index contributed by atoms with van der Waals surface area (Å²) < 4.78 is 1.65. The fraction of sp³-hybridized carbons (Fsp3) is 0.182. The zero-order valence-electron chi connectivity index (χ0n) is 9.36. The molecule has 0 saturated heterocycles. The van der Waals surface area contributed by atoms with Crippen LogP contribution < -0.4 is 67.7 Å². The third kappa shape index (κ3) is 2.39. The number of aromatic nitrogens is 1. The number of fused-ring (bicyclic) bond motifs is 1. The molecule has 2 aromatic rings. The van der Waals surface area contributed by atoms with Crippen LogP contribution in [0.15, 0.2) is 29.2 Å². The van der Waals surface area contributed by atoms with E-state index in [1.165, 1.54) is 6.20 Å². The van der Waals surface area contributed by atoms with Gasteiger partial charge in [0, 0.05) is 19.0 Å². The Bertz CT molecular complexity index is 578. The van der Waals surface area contributed by atoms with Crippen molar-refractivity contribution in [2.24, 2.45) is 12.8 Å². The van der Waals surface area contributed by atoms with Gasteiger partial charge in [-0.05, 0) is 29.6 Å². The summed E-state index contributed by atoms with van der Waals surface area (Å²) in [4.78, 5) is 11.5. The largest absolute Gasteiger partial charge is 1.00 e. The summed E-state index contributed by atoms with van der Waals surface area (Å²) in [6.45, 7) is 0.420. The van der Waals surface area contributed by atoms with Crippen molar-refractivity contribution in [3.05, 3.63) is 40.2 Å². The van der Waals surface area contributed by atoms with Crippen LogP contribution in [-0.4, -0.2) is 4.57 Å². The van der Waals surface area contributed by atoms with Crippen molar-refractivity contribution in [2.75, 3.05) is 0 Å². The van der Waals surface area contributed by atoms with Crippen LogP contribution in [0, 0.1) is 0 Å². The van der Waals surface area contributed by atoms with E-state index in [0.29, 0.717) is 11.9 Å². The minimum Gasteiger partial charge on any atom is -0.869 e. The molecule has 0 atom stereocenters. The van der Waals surface area contributed by atoms with E-state index in [0.717, 1.165) is 11.1 Å². The van der Waals surface area contributed by atoms with E-state index in [2.05, 4.69) is 0 Å². The Labute approximate surface area is 135 Å². The SMILES string of the molecule is Cn1cc([O-])c(=O)c2ccc(CN)cc21.[K+]. The maximum Gasteiger partial charge on any atom is 1.00 e. The van der Waals surface area contributed by atoms with Crippen molar-refractivity contribution in [2.45, 2.75) is 6.54 Å². The monoisotopic (exact) mass is 242 g/mol. The number of aryl methyl sites for hydroxylation is 1. The molecule has 2 N–H and O–H groups in total. The Kier molecular flexibility index (Phi) is 4.72. The molecular weight excluding hydrogens is 231 g/mol. The van der Waals surface area contributed by atoms with E-state index < -0.39 is 11.2 Å². The van der Waals surface area contributed by atoms with Crippen LogP contribution in [0.25, 0.3) is 10.9 Å². The number of benzene rings is 1. The third-order valence-electron chi connectivity index (χ3n) is 2.46. The number of pyridine rings is 1. The van der Waals surface area contributed by atoms with Gasteiger partial charge in [0.25, 0.3) is 0 Å². The second kappa shape index (κ2) is 5.44. The summed E-state index contributed by atoms with van der Waals surface area (Å²) in [6.07, 6.45) is 1.30. The molecule has 0 unspecified atom stereocenters. The Morgan fingerprint density at radius 1 is 1.44 bits per heavy atom. The first-order valence-electron chi connectivity index (χ1n) is 4.63. The van der Waals surface area contributed by atoms with E-state index in [9.17, 15) is 9.90 Å².